The zero-order valence-electron chi connectivity index (χ0n) is 17.0. The largest absolute Gasteiger partial charge is 0.493 e. The lowest BCUT2D eigenvalue weighted by Gasteiger charge is -2.18. The van der Waals surface area contributed by atoms with Gasteiger partial charge in [0, 0.05) is 6.20 Å². The predicted molar refractivity (Wildman–Crippen MR) is 112 cm³/mol. The molecule has 1 aromatic carbocycles. The molecule has 2 heterocycles. The normalized spacial score (nSPS) is 11.6. The van der Waals surface area contributed by atoms with Crippen LogP contribution < -0.4 is 19.5 Å². The van der Waals surface area contributed by atoms with E-state index < -0.39 is 0 Å². The molecule has 1 N–H and O–H groups in total. The number of benzene rings is 1. The molecule has 0 aliphatic heterocycles. The lowest BCUT2D eigenvalue weighted by molar-refractivity contribution is 0.0943. The summed E-state index contributed by atoms with van der Waals surface area (Å²) in [6, 6.07) is 8.98. The first-order chi connectivity index (χ1) is 14.0. The van der Waals surface area contributed by atoms with E-state index in [1.807, 2.05) is 44.2 Å². The molecule has 0 radical (unpaired) electrons. The van der Waals surface area contributed by atoms with Crippen LogP contribution in [0.1, 0.15) is 33.9 Å². The van der Waals surface area contributed by atoms with Crippen molar-refractivity contribution in [2.45, 2.75) is 19.9 Å². The molecule has 29 heavy (non-hydrogen) atoms. The standard InChI is InChI=1S/C21H23N3O4S/c1-12(14-10-16(26-3)18(28-5)17(11-14)27-4)23-20(25)19-13(2)24-21(29-19)15-8-6-7-9-22-15/h6-12H,1-5H3,(H,23,25)/t12-/m0/s1. The Bertz CT molecular complexity index is 979. The molecular weight excluding hydrogens is 390 g/mol. The maximum Gasteiger partial charge on any atom is 0.263 e. The number of amides is 1. The van der Waals surface area contributed by atoms with Crippen LogP contribution in [0.4, 0.5) is 0 Å². The van der Waals surface area contributed by atoms with Crippen molar-refractivity contribution in [1.82, 2.24) is 15.3 Å². The molecule has 2 aromatic heterocycles. The number of thiazole rings is 1. The number of rotatable bonds is 7. The molecule has 1 amide bonds. The van der Waals surface area contributed by atoms with Crippen molar-refractivity contribution in [3.8, 4) is 28.0 Å². The average Bonchev–Trinajstić information content (AvgIpc) is 3.14. The van der Waals surface area contributed by atoms with Gasteiger partial charge in [-0.05, 0) is 43.7 Å². The number of carbonyl (C=O) groups is 1. The number of ether oxygens (including phenoxy) is 3. The SMILES string of the molecule is COc1cc([C@H](C)NC(=O)c2sc(-c3ccccn3)nc2C)cc(OC)c1OC. The zero-order chi connectivity index (χ0) is 21.0. The summed E-state index contributed by atoms with van der Waals surface area (Å²) < 4.78 is 16.2. The van der Waals surface area contributed by atoms with E-state index >= 15 is 0 Å². The molecule has 1 atom stereocenters. The van der Waals surface area contributed by atoms with Crippen molar-refractivity contribution < 1.29 is 19.0 Å². The molecule has 0 unspecified atom stereocenters. The van der Waals surface area contributed by atoms with Gasteiger partial charge in [0.15, 0.2) is 11.5 Å². The molecule has 7 nitrogen and oxygen atoms in total. The highest BCUT2D eigenvalue weighted by atomic mass is 32.1. The van der Waals surface area contributed by atoms with Gasteiger partial charge < -0.3 is 19.5 Å². The van der Waals surface area contributed by atoms with Crippen LogP contribution >= 0.6 is 11.3 Å². The molecule has 0 aliphatic carbocycles. The van der Waals surface area contributed by atoms with Gasteiger partial charge in [-0.1, -0.05) is 6.07 Å². The third kappa shape index (κ3) is 4.32. The van der Waals surface area contributed by atoms with Gasteiger partial charge in [-0.25, -0.2) is 4.98 Å². The number of nitrogens with zero attached hydrogens (tertiary/aromatic N) is 2. The maximum absolute atomic E-state index is 12.9. The van der Waals surface area contributed by atoms with Gasteiger partial charge in [0.2, 0.25) is 5.75 Å². The minimum Gasteiger partial charge on any atom is -0.493 e. The van der Waals surface area contributed by atoms with Crippen LogP contribution in [0, 0.1) is 6.92 Å². The Kier molecular flexibility index (Phi) is 6.33. The van der Waals surface area contributed by atoms with Crippen molar-refractivity contribution in [2.24, 2.45) is 0 Å². The van der Waals surface area contributed by atoms with E-state index in [0.29, 0.717) is 32.8 Å². The topological polar surface area (TPSA) is 82.6 Å². The predicted octanol–water partition coefficient (Wildman–Crippen LogP) is 4.03. The summed E-state index contributed by atoms with van der Waals surface area (Å²) in [6.07, 6.45) is 1.71. The number of aryl methyl sites for hydroxylation is 1. The monoisotopic (exact) mass is 413 g/mol. The minimum absolute atomic E-state index is 0.191. The van der Waals surface area contributed by atoms with Gasteiger partial charge in [-0.2, -0.15) is 0 Å². The Morgan fingerprint density at radius 1 is 1.10 bits per heavy atom. The summed E-state index contributed by atoms with van der Waals surface area (Å²) in [5.74, 6) is 1.39. The Balaban J connectivity index is 1.84. The number of hydrogen-bond acceptors (Lipinski definition) is 7. The van der Waals surface area contributed by atoms with Crippen molar-refractivity contribution in [3.05, 3.63) is 52.7 Å². The number of nitrogens with one attached hydrogen (secondary N) is 1. The third-order valence-corrected chi connectivity index (χ3v) is 5.60. The maximum atomic E-state index is 12.9. The van der Waals surface area contributed by atoms with Crippen LogP contribution in [0.2, 0.25) is 0 Å². The van der Waals surface area contributed by atoms with Crippen molar-refractivity contribution in [2.75, 3.05) is 21.3 Å². The van der Waals surface area contributed by atoms with Gasteiger partial charge in [0.05, 0.1) is 38.8 Å². The van der Waals surface area contributed by atoms with Crippen LogP contribution in [-0.2, 0) is 0 Å². The Morgan fingerprint density at radius 2 is 1.79 bits per heavy atom. The second kappa shape index (κ2) is 8.91. The zero-order valence-corrected chi connectivity index (χ0v) is 17.8. The molecule has 152 valence electrons. The second-order valence-corrected chi connectivity index (χ2v) is 7.30. The number of aromatic nitrogens is 2. The van der Waals surface area contributed by atoms with E-state index in [2.05, 4.69) is 15.3 Å². The molecule has 0 saturated heterocycles. The van der Waals surface area contributed by atoms with E-state index in [9.17, 15) is 4.79 Å². The first kappa shape index (κ1) is 20.6. The molecule has 0 saturated carbocycles. The van der Waals surface area contributed by atoms with Gasteiger partial charge >= 0.3 is 0 Å². The Labute approximate surface area is 173 Å². The number of pyridine rings is 1. The van der Waals surface area contributed by atoms with Gasteiger partial charge in [-0.3, -0.25) is 9.78 Å². The molecule has 0 aliphatic rings. The third-order valence-electron chi connectivity index (χ3n) is 4.42. The summed E-state index contributed by atoms with van der Waals surface area (Å²) >= 11 is 1.32. The average molecular weight is 413 g/mol. The van der Waals surface area contributed by atoms with E-state index in [1.54, 1.807) is 27.5 Å². The first-order valence-corrected chi connectivity index (χ1v) is 9.79. The summed E-state index contributed by atoms with van der Waals surface area (Å²) in [5, 5.41) is 3.73. The highest BCUT2D eigenvalue weighted by molar-refractivity contribution is 7.17. The molecule has 0 fully saturated rings. The van der Waals surface area contributed by atoms with Crippen LogP contribution in [0.15, 0.2) is 36.5 Å². The summed E-state index contributed by atoms with van der Waals surface area (Å²) in [4.78, 5) is 22.2. The molecule has 8 heteroatoms. The fraction of sp³-hybridized carbons (Fsp3) is 0.286. The van der Waals surface area contributed by atoms with Gasteiger partial charge in [-0.15, -0.1) is 11.3 Å². The summed E-state index contributed by atoms with van der Waals surface area (Å²) in [5.41, 5.74) is 2.25. The Hall–Kier alpha value is -3.13. The first-order valence-electron chi connectivity index (χ1n) is 8.98. The van der Waals surface area contributed by atoms with Gasteiger partial charge in [0.25, 0.3) is 5.91 Å². The van der Waals surface area contributed by atoms with E-state index in [-0.39, 0.29) is 11.9 Å². The van der Waals surface area contributed by atoms with Gasteiger partial charge in [0.1, 0.15) is 9.88 Å². The van der Waals surface area contributed by atoms with Crippen LogP contribution in [-0.4, -0.2) is 37.2 Å². The van der Waals surface area contributed by atoms with Crippen LogP contribution in [0.25, 0.3) is 10.7 Å². The molecule has 3 aromatic rings. The summed E-state index contributed by atoms with van der Waals surface area (Å²) in [6.45, 7) is 3.72. The van der Waals surface area contributed by atoms with Crippen molar-refractivity contribution >= 4 is 17.2 Å². The Morgan fingerprint density at radius 3 is 2.34 bits per heavy atom. The lowest BCUT2D eigenvalue weighted by Crippen LogP contribution is -2.26. The fourth-order valence-corrected chi connectivity index (χ4v) is 3.85. The van der Waals surface area contributed by atoms with E-state index in [1.165, 1.54) is 11.3 Å². The quantitative estimate of drug-likeness (QED) is 0.630. The fourth-order valence-electron chi connectivity index (χ4n) is 2.90. The van der Waals surface area contributed by atoms with Crippen LogP contribution in [0.3, 0.4) is 0 Å². The highest BCUT2D eigenvalue weighted by Gasteiger charge is 2.21. The number of methoxy groups -OCH3 is 3. The van der Waals surface area contributed by atoms with E-state index in [0.717, 1.165) is 11.3 Å². The number of hydrogen-bond donors (Lipinski definition) is 1. The minimum atomic E-state index is -0.281. The molecule has 0 bridgehead atoms. The lowest BCUT2D eigenvalue weighted by atomic mass is 10.1. The number of carbonyl (C=O) groups excluding carboxylic acids is 1. The smallest absolute Gasteiger partial charge is 0.263 e. The van der Waals surface area contributed by atoms with E-state index in [4.69, 9.17) is 14.2 Å². The molecule has 0 spiro atoms. The highest BCUT2D eigenvalue weighted by Crippen LogP contribution is 2.39. The molecular formula is C21H23N3O4S. The van der Waals surface area contributed by atoms with Crippen LogP contribution in [0.5, 0.6) is 17.2 Å². The summed E-state index contributed by atoms with van der Waals surface area (Å²) in [7, 11) is 4.67. The van der Waals surface area contributed by atoms with Crippen molar-refractivity contribution in [1.29, 1.82) is 0 Å². The second-order valence-electron chi connectivity index (χ2n) is 6.30. The van der Waals surface area contributed by atoms with Crippen molar-refractivity contribution in [3.63, 3.8) is 0 Å². The molecule has 3 rings (SSSR count).